The summed E-state index contributed by atoms with van der Waals surface area (Å²) in [5.74, 6) is -0.221. The van der Waals surface area contributed by atoms with Gasteiger partial charge in [-0.25, -0.2) is 9.78 Å². The highest BCUT2D eigenvalue weighted by Gasteiger charge is 2.19. The molecule has 1 rings (SSSR count). The van der Waals surface area contributed by atoms with Crippen molar-refractivity contribution in [3.63, 3.8) is 0 Å². The lowest BCUT2D eigenvalue weighted by atomic mass is 10.1. The van der Waals surface area contributed by atoms with Gasteiger partial charge in [-0.2, -0.15) is 0 Å². The Labute approximate surface area is 135 Å². The minimum Gasteiger partial charge on any atom is -0.444 e. The van der Waals surface area contributed by atoms with E-state index in [2.05, 4.69) is 10.3 Å². The largest absolute Gasteiger partial charge is 0.444 e. The molecule has 0 aliphatic rings. The zero-order chi connectivity index (χ0) is 16.9. The first kappa shape index (κ1) is 18.0. The van der Waals surface area contributed by atoms with E-state index >= 15 is 0 Å². The van der Waals surface area contributed by atoms with E-state index in [0.717, 1.165) is 0 Å². The molecule has 0 fully saturated rings. The molecule has 0 saturated heterocycles. The second-order valence-corrected chi connectivity index (χ2v) is 6.26. The number of carbonyl (C=O) groups excluding carboxylic acids is 2. The first-order valence-electron chi connectivity index (χ1n) is 6.63. The number of hydrogen-bond donors (Lipinski definition) is 1. The molecule has 0 unspecified atom stereocenters. The van der Waals surface area contributed by atoms with Crippen molar-refractivity contribution in [2.75, 3.05) is 19.4 Å². The van der Waals surface area contributed by atoms with Crippen molar-refractivity contribution in [1.29, 1.82) is 0 Å². The summed E-state index contributed by atoms with van der Waals surface area (Å²) in [6.45, 7) is 5.23. The summed E-state index contributed by atoms with van der Waals surface area (Å²) in [4.78, 5) is 29.7. The molecule has 1 amide bonds. The topological polar surface area (TPSA) is 71.5 Å². The maximum Gasteiger partial charge on any atom is 0.413 e. The lowest BCUT2D eigenvalue weighted by Gasteiger charge is -2.19. The number of nitrogens with zero attached hydrogens (tertiary/aromatic N) is 2. The molecule has 0 atom stereocenters. The van der Waals surface area contributed by atoms with Crippen LogP contribution in [0.1, 0.15) is 31.1 Å². The highest BCUT2D eigenvalue weighted by molar-refractivity contribution is 6.31. The quantitative estimate of drug-likeness (QED) is 0.679. The Morgan fingerprint density at radius 3 is 2.55 bits per heavy atom. The number of pyridine rings is 1. The van der Waals surface area contributed by atoms with Crippen LogP contribution in [-0.2, 0) is 4.74 Å². The maximum absolute atomic E-state index is 12.2. The van der Waals surface area contributed by atoms with E-state index in [1.165, 1.54) is 18.3 Å². The van der Waals surface area contributed by atoms with Gasteiger partial charge in [0.15, 0.2) is 5.78 Å². The molecule has 0 radical (unpaired) electrons. The molecular formula is C15H20ClN3O3. The van der Waals surface area contributed by atoms with E-state index in [0.29, 0.717) is 5.02 Å². The molecule has 0 aromatic carbocycles. The molecule has 120 valence electrons. The monoisotopic (exact) mass is 325 g/mol. The molecule has 0 spiro atoms. The van der Waals surface area contributed by atoms with Gasteiger partial charge in [-0.1, -0.05) is 11.6 Å². The third-order valence-corrected chi connectivity index (χ3v) is 2.47. The van der Waals surface area contributed by atoms with Gasteiger partial charge in [0, 0.05) is 32.6 Å². The smallest absolute Gasteiger partial charge is 0.413 e. The second-order valence-electron chi connectivity index (χ2n) is 5.82. The predicted octanol–water partition coefficient (Wildman–Crippen LogP) is 3.34. The van der Waals surface area contributed by atoms with Crippen LogP contribution in [0, 0.1) is 0 Å². The van der Waals surface area contributed by atoms with Gasteiger partial charge in [-0.15, -0.1) is 0 Å². The van der Waals surface area contributed by atoms with Crippen molar-refractivity contribution >= 4 is 29.3 Å². The van der Waals surface area contributed by atoms with Crippen molar-refractivity contribution in [1.82, 2.24) is 9.88 Å². The number of carbonyl (C=O) groups is 2. The highest BCUT2D eigenvalue weighted by Crippen LogP contribution is 2.19. The fraction of sp³-hybridized carbons (Fsp3) is 0.400. The Hall–Kier alpha value is -2.08. The molecule has 1 aromatic rings. The van der Waals surface area contributed by atoms with Crippen LogP contribution in [0.25, 0.3) is 0 Å². The van der Waals surface area contributed by atoms with Crippen molar-refractivity contribution in [2.45, 2.75) is 26.4 Å². The van der Waals surface area contributed by atoms with E-state index in [4.69, 9.17) is 16.3 Å². The van der Waals surface area contributed by atoms with Crippen LogP contribution < -0.4 is 5.32 Å². The number of hydrogen-bond acceptors (Lipinski definition) is 5. The first-order chi connectivity index (χ1) is 10.1. The van der Waals surface area contributed by atoms with E-state index in [1.807, 2.05) is 0 Å². The molecule has 0 aliphatic carbocycles. The molecule has 0 bridgehead atoms. The van der Waals surface area contributed by atoms with Crippen LogP contribution in [0.5, 0.6) is 0 Å². The van der Waals surface area contributed by atoms with Crippen molar-refractivity contribution in [3.05, 3.63) is 35.1 Å². The summed E-state index contributed by atoms with van der Waals surface area (Å²) in [7, 11) is 3.58. The standard InChI is InChI=1S/C15H20ClN3O3/c1-15(2,3)22-14(21)18-13-11(8-10(16)9-17-13)12(20)6-7-19(4)5/h6-9H,1-5H3,(H,17,18,21). The molecule has 6 nitrogen and oxygen atoms in total. The van der Waals surface area contributed by atoms with Crippen molar-refractivity contribution < 1.29 is 14.3 Å². The zero-order valence-corrected chi connectivity index (χ0v) is 14.1. The number of allylic oxidation sites excluding steroid dienone is 1. The molecule has 1 N–H and O–H groups in total. The Morgan fingerprint density at radius 2 is 2.00 bits per heavy atom. The van der Waals surface area contributed by atoms with E-state index < -0.39 is 11.7 Å². The summed E-state index contributed by atoms with van der Waals surface area (Å²) >= 11 is 5.87. The number of ketones is 1. The molecule has 0 aliphatic heterocycles. The van der Waals surface area contributed by atoms with Crippen molar-refractivity contribution in [3.8, 4) is 0 Å². The van der Waals surface area contributed by atoms with Gasteiger partial charge in [-0.05, 0) is 26.8 Å². The van der Waals surface area contributed by atoms with Gasteiger partial charge < -0.3 is 9.64 Å². The van der Waals surface area contributed by atoms with E-state index in [9.17, 15) is 9.59 Å². The van der Waals surface area contributed by atoms with Crippen LogP contribution in [0.15, 0.2) is 24.5 Å². The highest BCUT2D eigenvalue weighted by atomic mass is 35.5. The predicted molar refractivity (Wildman–Crippen MR) is 86.3 cm³/mol. The Bertz CT molecular complexity index is 592. The number of nitrogens with one attached hydrogen (secondary N) is 1. The summed E-state index contributed by atoms with van der Waals surface area (Å²) in [6, 6.07) is 1.45. The third-order valence-electron chi connectivity index (χ3n) is 2.26. The molecule has 1 aromatic heterocycles. The number of anilines is 1. The fourth-order valence-corrected chi connectivity index (χ4v) is 1.59. The number of halogens is 1. The number of aromatic nitrogens is 1. The molecule has 0 saturated carbocycles. The minimum atomic E-state index is -0.687. The molecular weight excluding hydrogens is 306 g/mol. The first-order valence-corrected chi connectivity index (χ1v) is 7.01. The summed E-state index contributed by atoms with van der Waals surface area (Å²) in [5.41, 5.74) is -0.456. The van der Waals surface area contributed by atoms with Gasteiger partial charge in [-0.3, -0.25) is 10.1 Å². The lowest BCUT2D eigenvalue weighted by Crippen LogP contribution is -2.28. The SMILES string of the molecule is CN(C)C=CC(=O)c1cc(Cl)cnc1NC(=O)OC(C)(C)C. The van der Waals surface area contributed by atoms with Gasteiger partial charge in [0.25, 0.3) is 0 Å². The number of rotatable bonds is 4. The van der Waals surface area contributed by atoms with Gasteiger partial charge >= 0.3 is 6.09 Å². The van der Waals surface area contributed by atoms with Crippen LogP contribution in [-0.4, -0.2) is 41.5 Å². The Morgan fingerprint density at radius 1 is 1.36 bits per heavy atom. The average Bonchev–Trinajstić information content (AvgIpc) is 2.35. The van der Waals surface area contributed by atoms with Gasteiger partial charge in [0.1, 0.15) is 11.4 Å². The van der Waals surface area contributed by atoms with E-state index in [1.54, 1.807) is 46.0 Å². The number of amides is 1. The van der Waals surface area contributed by atoms with E-state index in [-0.39, 0.29) is 17.2 Å². The Balaban J connectivity index is 3.01. The maximum atomic E-state index is 12.2. The minimum absolute atomic E-state index is 0.104. The average molecular weight is 326 g/mol. The Kier molecular flexibility index (Phi) is 5.93. The van der Waals surface area contributed by atoms with Crippen LogP contribution in [0.4, 0.5) is 10.6 Å². The zero-order valence-electron chi connectivity index (χ0n) is 13.3. The van der Waals surface area contributed by atoms with Gasteiger partial charge in [0.2, 0.25) is 0 Å². The van der Waals surface area contributed by atoms with Crippen LogP contribution in [0.2, 0.25) is 5.02 Å². The van der Waals surface area contributed by atoms with Crippen LogP contribution >= 0.6 is 11.6 Å². The number of ether oxygens (including phenoxy) is 1. The molecule has 22 heavy (non-hydrogen) atoms. The van der Waals surface area contributed by atoms with Crippen LogP contribution in [0.3, 0.4) is 0 Å². The molecule has 7 heteroatoms. The molecule has 1 heterocycles. The second kappa shape index (κ2) is 7.26. The summed E-state index contributed by atoms with van der Waals surface area (Å²) in [5, 5.41) is 2.77. The summed E-state index contributed by atoms with van der Waals surface area (Å²) in [6.07, 6.45) is 3.63. The van der Waals surface area contributed by atoms with Gasteiger partial charge in [0.05, 0.1) is 10.6 Å². The fourth-order valence-electron chi connectivity index (χ4n) is 1.43. The normalized spacial score (nSPS) is 11.4. The third kappa shape index (κ3) is 6.13. The summed E-state index contributed by atoms with van der Waals surface area (Å²) < 4.78 is 5.14. The lowest BCUT2D eigenvalue weighted by molar-refractivity contribution is 0.0635. The van der Waals surface area contributed by atoms with Crippen molar-refractivity contribution in [2.24, 2.45) is 0 Å².